The van der Waals surface area contributed by atoms with Crippen LogP contribution in [0.3, 0.4) is 0 Å². The largest absolute Gasteiger partial charge is 0.457 e. The summed E-state index contributed by atoms with van der Waals surface area (Å²) in [5.74, 6) is -0.0747. The SMILES string of the molecule is CCc1cccc(C)c1NC(=O)[C@H](Sc1ccc(NC(=O)/C(=C/c2ccc(-c3ccc(Br)cc3)o2)NC(=O)c2ccccc2)cc1)c1ccccc1. The third-order valence-electron chi connectivity index (χ3n) is 8.27. The van der Waals surface area contributed by atoms with Crippen molar-refractivity contribution >= 4 is 62.9 Å². The van der Waals surface area contributed by atoms with Crippen LogP contribution in [0.25, 0.3) is 17.4 Å². The second kappa shape index (κ2) is 17.0. The van der Waals surface area contributed by atoms with Gasteiger partial charge in [-0.05, 0) is 90.7 Å². The molecule has 260 valence electrons. The quantitative estimate of drug-likeness (QED) is 0.0850. The second-order valence-corrected chi connectivity index (χ2v) is 14.0. The number of benzene rings is 5. The molecule has 7 nitrogen and oxygen atoms in total. The normalized spacial score (nSPS) is 11.8. The number of amides is 3. The number of hydrogen-bond acceptors (Lipinski definition) is 5. The topological polar surface area (TPSA) is 100 Å². The van der Waals surface area contributed by atoms with Gasteiger partial charge in [0.15, 0.2) is 0 Å². The lowest BCUT2D eigenvalue weighted by atomic mass is 10.1. The molecule has 3 N–H and O–H groups in total. The summed E-state index contributed by atoms with van der Waals surface area (Å²) < 4.78 is 6.98. The van der Waals surface area contributed by atoms with E-state index >= 15 is 0 Å². The Labute approximate surface area is 315 Å². The zero-order chi connectivity index (χ0) is 36.5. The van der Waals surface area contributed by atoms with Gasteiger partial charge in [-0.25, -0.2) is 0 Å². The van der Waals surface area contributed by atoms with Crippen molar-refractivity contribution in [1.29, 1.82) is 0 Å². The van der Waals surface area contributed by atoms with Crippen molar-refractivity contribution in [3.63, 3.8) is 0 Å². The number of furan rings is 1. The van der Waals surface area contributed by atoms with Crippen LogP contribution in [0.1, 0.15) is 45.0 Å². The second-order valence-electron chi connectivity index (χ2n) is 11.9. The Bertz CT molecular complexity index is 2200. The standard InChI is InChI=1S/C43H36BrN3O4S/c1-3-29-16-10-11-28(2)39(29)47-43(50)40(31-12-6-4-7-13-31)52-36-24-21-34(22-25-36)45-42(49)37(46-41(48)32-14-8-5-9-15-32)27-35-23-26-38(51-35)30-17-19-33(44)20-18-30/h4-27,40H,3H2,1-2H3,(H,45,49)(H,46,48)(H,47,50)/b37-27-/t40-/m1/s1. The number of para-hydroxylation sites is 1. The fourth-order valence-electron chi connectivity index (χ4n) is 5.53. The van der Waals surface area contributed by atoms with Crippen molar-refractivity contribution in [1.82, 2.24) is 5.32 Å². The fourth-order valence-corrected chi connectivity index (χ4v) is 6.82. The number of carbonyl (C=O) groups excluding carboxylic acids is 3. The predicted molar refractivity (Wildman–Crippen MR) is 213 cm³/mol. The van der Waals surface area contributed by atoms with E-state index in [0.29, 0.717) is 22.8 Å². The number of hydrogen-bond donors (Lipinski definition) is 3. The molecular weight excluding hydrogens is 734 g/mol. The highest BCUT2D eigenvalue weighted by Gasteiger charge is 2.24. The Morgan fingerprint density at radius 2 is 1.46 bits per heavy atom. The highest BCUT2D eigenvalue weighted by Crippen LogP contribution is 2.37. The summed E-state index contributed by atoms with van der Waals surface area (Å²) in [5, 5.41) is 8.31. The van der Waals surface area contributed by atoms with Gasteiger partial charge >= 0.3 is 0 Å². The highest BCUT2D eigenvalue weighted by molar-refractivity contribution is 9.10. The molecular formula is C43H36BrN3O4S. The Balaban J connectivity index is 1.21. The minimum Gasteiger partial charge on any atom is -0.457 e. The highest BCUT2D eigenvalue weighted by atomic mass is 79.9. The number of thioether (sulfide) groups is 1. The molecule has 9 heteroatoms. The lowest BCUT2D eigenvalue weighted by Crippen LogP contribution is -2.30. The van der Waals surface area contributed by atoms with Crippen LogP contribution in [0.4, 0.5) is 11.4 Å². The Hall–Kier alpha value is -5.64. The summed E-state index contributed by atoms with van der Waals surface area (Å²) in [4.78, 5) is 41.5. The van der Waals surface area contributed by atoms with Crippen molar-refractivity contribution in [2.75, 3.05) is 10.6 Å². The van der Waals surface area contributed by atoms with E-state index in [0.717, 1.165) is 43.7 Å². The predicted octanol–water partition coefficient (Wildman–Crippen LogP) is 10.5. The first-order valence-electron chi connectivity index (χ1n) is 16.7. The van der Waals surface area contributed by atoms with Gasteiger partial charge in [0.05, 0.1) is 0 Å². The molecule has 0 spiro atoms. The van der Waals surface area contributed by atoms with Crippen LogP contribution in [0.2, 0.25) is 0 Å². The third kappa shape index (κ3) is 9.17. The molecule has 0 bridgehead atoms. The van der Waals surface area contributed by atoms with Crippen LogP contribution in [-0.2, 0) is 16.0 Å². The molecule has 0 saturated carbocycles. The minimum atomic E-state index is -0.530. The van der Waals surface area contributed by atoms with Crippen LogP contribution in [-0.4, -0.2) is 17.7 Å². The maximum atomic E-state index is 13.8. The molecule has 0 saturated heterocycles. The zero-order valence-electron chi connectivity index (χ0n) is 28.6. The molecule has 0 radical (unpaired) electrons. The van der Waals surface area contributed by atoms with Gasteiger partial charge in [-0.3, -0.25) is 14.4 Å². The molecule has 6 aromatic rings. The smallest absolute Gasteiger partial charge is 0.272 e. The molecule has 3 amide bonds. The number of nitrogens with one attached hydrogen (secondary N) is 3. The third-order valence-corrected chi connectivity index (χ3v) is 10.1. The molecule has 1 atom stereocenters. The van der Waals surface area contributed by atoms with Crippen molar-refractivity contribution in [3.8, 4) is 11.3 Å². The molecule has 1 heterocycles. The van der Waals surface area contributed by atoms with Crippen molar-refractivity contribution in [3.05, 3.63) is 178 Å². The number of anilines is 2. The van der Waals surface area contributed by atoms with E-state index in [1.165, 1.54) is 17.8 Å². The van der Waals surface area contributed by atoms with Gasteiger partial charge in [-0.2, -0.15) is 0 Å². The average Bonchev–Trinajstić information content (AvgIpc) is 3.64. The number of carbonyl (C=O) groups is 3. The Morgan fingerprint density at radius 1 is 0.769 bits per heavy atom. The van der Waals surface area contributed by atoms with E-state index in [-0.39, 0.29) is 11.6 Å². The van der Waals surface area contributed by atoms with Gasteiger partial charge in [0.2, 0.25) is 5.91 Å². The van der Waals surface area contributed by atoms with Crippen LogP contribution >= 0.6 is 27.7 Å². The average molecular weight is 771 g/mol. The van der Waals surface area contributed by atoms with Crippen molar-refractivity contribution in [2.24, 2.45) is 0 Å². The van der Waals surface area contributed by atoms with Gasteiger partial charge < -0.3 is 20.4 Å². The minimum absolute atomic E-state index is 0.00692. The molecule has 0 unspecified atom stereocenters. The van der Waals surface area contributed by atoms with Gasteiger partial charge in [0, 0.05) is 37.9 Å². The van der Waals surface area contributed by atoms with Crippen LogP contribution in [0, 0.1) is 6.92 Å². The molecule has 0 aliphatic carbocycles. The number of rotatable bonds is 12. The lowest BCUT2D eigenvalue weighted by molar-refractivity contribution is -0.116. The van der Waals surface area contributed by atoms with E-state index in [9.17, 15) is 14.4 Å². The van der Waals surface area contributed by atoms with Gasteiger partial charge in [-0.15, -0.1) is 11.8 Å². The van der Waals surface area contributed by atoms with Crippen molar-refractivity contribution in [2.45, 2.75) is 30.4 Å². The molecule has 0 fully saturated rings. The van der Waals surface area contributed by atoms with E-state index < -0.39 is 17.1 Å². The molecule has 5 aromatic carbocycles. The summed E-state index contributed by atoms with van der Waals surface area (Å²) >= 11 is 4.87. The fraction of sp³-hybridized carbons (Fsp3) is 0.0930. The van der Waals surface area contributed by atoms with Gasteiger partial charge in [0.25, 0.3) is 11.8 Å². The number of aryl methyl sites for hydroxylation is 2. The van der Waals surface area contributed by atoms with E-state index in [4.69, 9.17) is 4.42 Å². The van der Waals surface area contributed by atoms with Crippen LogP contribution in [0.15, 0.2) is 159 Å². The Kier molecular flexibility index (Phi) is 11.9. The van der Waals surface area contributed by atoms with Crippen LogP contribution in [0.5, 0.6) is 0 Å². The van der Waals surface area contributed by atoms with E-state index in [1.807, 2.05) is 104 Å². The maximum absolute atomic E-state index is 13.8. The van der Waals surface area contributed by atoms with E-state index in [1.54, 1.807) is 42.5 Å². The molecule has 0 aliphatic rings. The van der Waals surface area contributed by atoms with Crippen LogP contribution < -0.4 is 16.0 Å². The zero-order valence-corrected chi connectivity index (χ0v) is 31.0. The first-order valence-corrected chi connectivity index (χ1v) is 18.4. The van der Waals surface area contributed by atoms with Crippen molar-refractivity contribution < 1.29 is 18.8 Å². The first kappa shape index (κ1) is 36.2. The summed E-state index contributed by atoms with van der Waals surface area (Å²) in [6.07, 6.45) is 2.30. The lowest BCUT2D eigenvalue weighted by Gasteiger charge is -2.20. The monoisotopic (exact) mass is 769 g/mol. The van der Waals surface area contributed by atoms with Gasteiger partial charge in [-0.1, -0.05) is 102 Å². The summed E-state index contributed by atoms with van der Waals surface area (Å²) in [7, 11) is 0. The molecule has 52 heavy (non-hydrogen) atoms. The number of halogens is 1. The van der Waals surface area contributed by atoms with E-state index in [2.05, 4.69) is 38.8 Å². The molecule has 1 aromatic heterocycles. The first-order chi connectivity index (χ1) is 25.3. The summed E-state index contributed by atoms with van der Waals surface area (Å²) in [5.41, 5.74) is 5.60. The molecule has 6 rings (SSSR count). The molecule has 0 aliphatic heterocycles. The Morgan fingerprint density at radius 3 is 2.15 bits per heavy atom. The summed E-state index contributed by atoms with van der Waals surface area (Å²) in [6, 6.07) is 42.9. The maximum Gasteiger partial charge on any atom is 0.272 e. The van der Waals surface area contributed by atoms with Gasteiger partial charge in [0.1, 0.15) is 22.5 Å². The summed E-state index contributed by atoms with van der Waals surface area (Å²) in [6.45, 7) is 4.07.